The van der Waals surface area contributed by atoms with E-state index >= 15 is 0 Å². The molecule has 1 fully saturated rings. The van der Waals surface area contributed by atoms with E-state index in [-0.39, 0.29) is 0 Å². The molecular weight excluding hydrogens is 172 g/mol. The van der Waals surface area contributed by atoms with Crippen LogP contribution < -0.4 is 5.32 Å². The van der Waals surface area contributed by atoms with Crippen LogP contribution in [0.2, 0.25) is 0 Å². The lowest BCUT2D eigenvalue weighted by molar-refractivity contribution is 0.234. The summed E-state index contributed by atoms with van der Waals surface area (Å²) >= 11 is 0. The molecule has 0 unspecified atom stereocenters. The molecule has 14 heavy (non-hydrogen) atoms. The second kappa shape index (κ2) is 4.54. The third-order valence-electron chi connectivity index (χ3n) is 3.21. The van der Waals surface area contributed by atoms with Crippen molar-refractivity contribution < 1.29 is 0 Å². The van der Waals surface area contributed by atoms with E-state index in [1.165, 1.54) is 31.6 Å². The van der Waals surface area contributed by atoms with Crippen molar-refractivity contribution in [2.24, 2.45) is 5.92 Å². The van der Waals surface area contributed by atoms with Crippen LogP contribution in [-0.2, 0) is 0 Å². The van der Waals surface area contributed by atoms with Crippen LogP contribution in [0.1, 0.15) is 26.2 Å². The number of hydrogen-bond donors (Lipinski definition) is 1. The van der Waals surface area contributed by atoms with Crippen molar-refractivity contribution in [2.45, 2.75) is 26.2 Å². The Morgan fingerprint density at radius 2 is 2.14 bits per heavy atom. The van der Waals surface area contributed by atoms with Crippen LogP contribution >= 0.6 is 0 Å². The predicted molar refractivity (Wildman–Crippen MR) is 59.8 cm³/mol. The lowest BCUT2D eigenvalue weighted by Crippen LogP contribution is -2.32. The summed E-state index contributed by atoms with van der Waals surface area (Å²) in [5, 5.41) is 3.24. The molecular formula is C12H20N2. The van der Waals surface area contributed by atoms with Crippen molar-refractivity contribution in [2.75, 3.05) is 19.6 Å². The molecule has 2 aliphatic rings. The predicted octanol–water partition coefficient (Wildman–Crippen LogP) is 2.11. The zero-order valence-corrected chi connectivity index (χ0v) is 9.00. The molecule has 0 aromatic carbocycles. The van der Waals surface area contributed by atoms with Crippen molar-refractivity contribution in [3.63, 3.8) is 0 Å². The lowest BCUT2D eigenvalue weighted by atomic mass is 9.98. The van der Waals surface area contributed by atoms with Crippen molar-refractivity contribution in [3.05, 3.63) is 24.0 Å². The number of rotatable bonds is 1. The minimum atomic E-state index is 0.922. The average Bonchev–Trinajstić information content (AvgIpc) is 2.47. The Hall–Kier alpha value is -0.920. The fourth-order valence-corrected chi connectivity index (χ4v) is 2.15. The highest BCUT2D eigenvalue weighted by Gasteiger charge is 2.17. The summed E-state index contributed by atoms with van der Waals surface area (Å²) in [6, 6.07) is 0. The highest BCUT2D eigenvalue weighted by molar-refractivity contribution is 5.11. The monoisotopic (exact) mass is 192 g/mol. The van der Waals surface area contributed by atoms with Gasteiger partial charge >= 0.3 is 0 Å². The van der Waals surface area contributed by atoms with E-state index in [4.69, 9.17) is 0 Å². The first-order valence-corrected chi connectivity index (χ1v) is 5.68. The summed E-state index contributed by atoms with van der Waals surface area (Å²) in [7, 11) is 0. The smallest absolute Gasteiger partial charge is 0.0344 e. The normalized spacial score (nSPS) is 24.1. The zero-order valence-electron chi connectivity index (χ0n) is 9.00. The molecule has 0 aromatic heterocycles. The molecule has 2 rings (SSSR count). The van der Waals surface area contributed by atoms with Crippen LogP contribution in [0, 0.1) is 5.92 Å². The van der Waals surface area contributed by atoms with Gasteiger partial charge in [0.25, 0.3) is 0 Å². The average molecular weight is 192 g/mol. The molecule has 2 nitrogen and oxygen atoms in total. The van der Waals surface area contributed by atoms with Gasteiger partial charge in [0, 0.05) is 31.8 Å². The third-order valence-corrected chi connectivity index (χ3v) is 3.21. The van der Waals surface area contributed by atoms with Gasteiger partial charge in [0.1, 0.15) is 0 Å². The van der Waals surface area contributed by atoms with Crippen molar-refractivity contribution in [1.29, 1.82) is 0 Å². The molecule has 0 bridgehead atoms. The molecule has 2 aliphatic heterocycles. The maximum atomic E-state index is 3.24. The van der Waals surface area contributed by atoms with E-state index in [1.54, 1.807) is 0 Å². The molecule has 0 aliphatic carbocycles. The van der Waals surface area contributed by atoms with Gasteiger partial charge in [-0.1, -0.05) is 13.0 Å². The highest BCUT2D eigenvalue weighted by Crippen LogP contribution is 2.21. The summed E-state index contributed by atoms with van der Waals surface area (Å²) in [4.78, 5) is 2.55. The number of allylic oxidation sites excluding steroid dienone is 1. The van der Waals surface area contributed by atoms with Gasteiger partial charge in [-0.2, -0.15) is 0 Å². The Morgan fingerprint density at radius 3 is 2.93 bits per heavy atom. The first kappa shape index (κ1) is 9.63. The van der Waals surface area contributed by atoms with Gasteiger partial charge in [-0.15, -0.1) is 0 Å². The maximum absolute atomic E-state index is 3.24. The van der Waals surface area contributed by atoms with Gasteiger partial charge < -0.3 is 10.2 Å². The summed E-state index contributed by atoms with van der Waals surface area (Å²) in [6.07, 6.45) is 10.4. The topological polar surface area (TPSA) is 15.3 Å². The van der Waals surface area contributed by atoms with Crippen LogP contribution in [-0.4, -0.2) is 24.5 Å². The van der Waals surface area contributed by atoms with E-state index < -0.39 is 0 Å². The number of likely N-dealkylation sites (tertiary alicyclic amines) is 1. The lowest BCUT2D eigenvalue weighted by Gasteiger charge is -2.33. The fraction of sp³-hybridized carbons (Fsp3) is 0.667. The van der Waals surface area contributed by atoms with Crippen LogP contribution in [0.3, 0.4) is 0 Å². The van der Waals surface area contributed by atoms with E-state index in [9.17, 15) is 0 Å². The fourth-order valence-electron chi connectivity index (χ4n) is 2.15. The van der Waals surface area contributed by atoms with E-state index in [2.05, 4.69) is 35.5 Å². The number of piperidine rings is 1. The van der Waals surface area contributed by atoms with E-state index in [1.807, 2.05) is 0 Å². The van der Waals surface area contributed by atoms with Crippen molar-refractivity contribution in [1.82, 2.24) is 10.2 Å². The van der Waals surface area contributed by atoms with Crippen molar-refractivity contribution in [3.8, 4) is 0 Å². The Labute approximate surface area is 86.7 Å². The van der Waals surface area contributed by atoms with Gasteiger partial charge in [-0.05, 0) is 31.0 Å². The Kier molecular flexibility index (Phi) is 3.12. The summed E-state index contributed by atoms with van der Waals surface area (Å²) in [5.41, 5.74) is 1.51. The number of hydrogen-bond acceptors (Lipinski definition) is 2. The number of nitrogens with one attached hydrogen (secondary N) is 1. The number of nitrogens with zero attached hydrogens (tertiary/aromatic N) is 1. The van der Waals surface area contributed by atoms with Gasteiger partial charge in [-0.25, -0.2) is 0 Å². The second-order valence-corrected chi connectivity index (χ2v) is 4.38. The van der Waals surface area contributed by atoms with Gasteiger partial charge in [0.2, 0.25) is 0 Å². The Morgan fingerprint density at radius 1 is 1.36 bits per heavy atom. The van der Waals surface area contributed by atoms with Crippen molar-refractivity contribution >= 4 is 0 Å². The first-order valence-electron chi connectivity index (χ1n) is 5.68. The Balaban J connectivity index is 1.93. The molecule has 0 aromatic rings. The third kappa shape index (κ3) is 2.31. The van der Waals surface area contributed by atoms with Crippen LogP contribution in [0.25, 0.3) is 0 Å². The Bertz CT molecular complexity index is 235. The highest BCUT2D eigenvalue weighted by atomic mass is 15.1. The van der Waals surface area contributed by atoms with E-state index in [0.717, 1.165) is 18.9 Å². The van der Waals surface area contributed by atoms with Crippen LogP contribution in [0.4, 0.5) is 0 Å². The summed E-state index contributed by atoms with van der Waals surface area (Å²) < 4.78 is 0. The molecule has 2 heterocycles. The second-order valence-electron chi connectivity index (χ2n) is 4.38. The quantitative estimate of drug-likeness (QED) is 0.684. The SMILES string of the molecule is CC1CCN(C2=CCNC=CC2)CC1. The molecule has 0 saturated carbocycles. The standard InChI is InChI=1S/C12H20N2/c1-11-5-9-14(10-6-11)12-3-2-7-13-8-4-12/h2,4,7,11,13H,3,5-6,8-10H2,1H3. The molecule has 1 saturated heterocycles. The van der Waals surface area contributed by atoms with Gasteiger partial charge in [0.15, 0.2) is 0 Å². The molecule has 0 radical (unpaired) electrons. The van der Waals surface area contributed by atoms with E-state index in [0.29, 0.717) is 0 Å². The molecule has 0 atom stereocenters. The van der Waals surface area contributed by atoms with Gasteiger partial charge in [0.05, 0.1) is 0 Å². The molecule has 2 heteroatoms. The van der Waals surface area contributed by atoms with Gasteiger partial charge in [-0.3, -0.25) is 0 Å². The van der Waals surface area contributed by atoms with Crippen LogP contribution in [0.5, 0.6) is 0 Å². The molecule has 1 N–H and O–H groups in total. The first-order chi connectivity index (χ1) is 6.86. The minimum absolute atomic E-state index is 0.922. The maximum Gasteiger partial charge on any atom is 0.0344 e. The van der Waals surface area contributed by atoms with Crippen LogP contribution in [0.15, 0.2) is 24.0 Å². The minimum Gasteiger partial charge on any atom is -0.388 e. The summed E-state index contributed by atoms with van der Waals surface area (Å²) in [6.45, 7) is 5.85. The summed E-state index contributed by atoms with van der Waals surface area (Å²) in [5.74, 6) is 0.922. The largest absolute Gasteiger partial charge is 0.388 e. The molecule has 0 amide bonds. The molecule has 78 valence electrons. The zero-order chi connectivity index (χ0) is 9.80. The molecule has 0 spiro atoms.